The third-order valence-electron chi connectivity index (χ3n) is 4.27. The zero-order valence-corrected chi connectivity index (χ0v) is 11.8. The minimum absolute atomic E-state index is 0.101. The van der Waals surface area contributed by atoms with E-state index < -0.39 is 0 Å². The predicted octanol–water partition coefficient (Wildman–Crippen LogP) is 1.81. The Hall–Kier alpha value is -0.900. The van der Waals surface area contributed by atoms with Crippen molar-refractivity contribution in [2.45, 2.75) is 38.8 Å². The van der Waals surface area contributed by atoms with E-state index >= 15 is 0 Å². The van der Waals surface area contributed by atoms with Crippen molar-refractivity contribution in [3.05, 3.63) is 35.4 Å². The first kappa shape index (κ1) is 14.5. The maximum Gasteiger partial charge on any atom is 0.0590 e. The summed E-state index contributed by atoms with van der Waals surface area (Å²) in [6.45, 7) is 4.35. The zero-order valence-electron chi connectivity index (χ0n) is 11.8. The molecule has 0 amide bonds. The Labute approximate surface area is 115 Å². The number of hydrogen-bond donors (Lipinski definition) is 2. The van der Waals surface area contributed by atoms with Gasteiger partial charge >= 0.3 is 0 Å². The molecule has 106 valence electrons. The van der Waals surface area contributed by atoms with Crippen LogP contribution in [0.3, 0.4) is 0 Å². The lowest BCUT2D eigenvalue weighted by molar-refractivity contribution is 0.0161. The summed E-state index contributed by atoms with van der Waals surface area (Å²) in [5.41, 5.74) is 2.64. The fourth-order valence-corrected chi connectivity index (χ4v) is 3.00. The number of hydrogen-bond acceptors (Lipinski definition) is 3. The van der Waals surface area contributed by atoms with Gasteiger partial charge in [0.25, 0.3) is 0 Å². The van der Waals surface area contributed by atoms with Crippen molar-refractivity contribution in [2.75, 3.05) is 19.8 Å². The largest absolute Gasteiger partial charge is 0.396 e. The fourth-order valence-electron chi connectivity index (χ4n) is 3.00. The Balaban J connectivity index is 2.03. The number of nitrogens with zero attached hydrogens (tertiary/aromatic N) is 1. The third kappa shape index (κ3) is 3.56. The Kier molecular flexibility index (Phi) is 5.37. The highest BCUT2D eigenvalue weighted by Gasteiger charge is 2.30. The molecule has 1 saturated heterocycles. The fraction of sp³-hybridized carbons (Fsp3) is 0.625. The van der Waals surface area contributed by atoms with Gasteiger partial charge in [0.1, 0.15) is 0 Å². The average Bonchev–Trinajstić information content (AvgIpc) is 2.47. The van der Waals surface area contributed by atoms with E-state index in [1.54, 1.807) is 0 Å². The van der Waals surface area contributed by atoms with E-state index in [9.17, 15) is 10.2 Å². The van der Waals surface area contributed by atoms with Crippen molar-refractivity contribution in [1.82, 2.24) is 4.90 Å². The van der Waals surface area contributed by atoms with Crippen LogP contribution in [0.25, 0.3) is 0 Å². The standard InChI is InChI=1S/C16H25NO2/c1-2-13-5-7-14(8-6-13)10-17-9-3-4-15(11-18)16(17)12-19/h5-8,15-16,18-19H,2-4,9-12H2,1H3/t15-,16+/m0/s1. The van der Waals surface area contributed by atoms with Gasteiger partial charge in [-0.1, -0.05) is 31.2 Å². The van der Waals surface area contributed by atoms with E-state index in [-0.39, 0.29) is 25.2 Å². The van der Waals surface area contributed by atoms with Gasteiger partial charge in [0.05, 0.1) is 6.61 Å². The van der Waals surface area contributed by atoms with Crippen molar-refractivity contribution in [3.8, 4) is 0 Å². The van der Waals surface area contributed by atoms with E-state index in [2.05, 4.69) is 36.1 Å². The Morgan fingerprint density at radius 2 is 1.79 bits per heavy atom. The molecule has 1 heterocycles. The molecule has 19 heavy (non-hydrogen) atoms. The van der Waals surface area contributed by atoms with Crippen molar-refractivity contribution in [3.63, 3.8) is 0 Å². The molecular weight excluding hydrogens is 238 g/mol. The van der Waals surface area contributed by atoms with E-state index in [0.717, 1.165) is 32.4 Å². The predicted molar refractivity (Wildman–Crippen MR) is 76.9 cm³/mol. The van der Waals surface area contributed by atoms with Crippen LogP contribution >= 0.6 is 0 Å². The summed E-state index contributed by atoms with van der Waals surface area (Å²) in [5, 5.41) is 19.0. The maximum absolute atomic E-state index is 9.57. The highest BCUT2D eigenvalue weighted by Crippen LogP contribution is 2.24. The van der Waals surface area contributed by atoms with Gasteiger partial charge in [-0.25, -0.2) is 0 Å². The molecule has 1 aliphatic rings. The maximum atomic E-state index is 9.57. The molecular formula is C16H25NO2. The van der Waals surface area contributed by atoms with Gasteiger partial charge in [-0.05, 0) is 42.9 Å². The molecule has 3 nitrogen and oxygen atoms in total. The number of aliphatic hydroxyl groups is 2. The summed E-state index contributed by atoms with van der Waals surface area (Å²) in [4.78, 5) is 2.31. The normalized spacial score (nSPS) is 24.6. The molecule has 2 atom stereocenters. The molecule has 1 aromatic rings. The summed E-state index contributed by atoms with van der Waals surface area (Å²) in [6.07, 6.45) is 3.19. The molecule has 1 fully saturated rings. The number of rotatable bonds is 5. The first-order chi connectivity index (χ1) is 9.28. The Morgan fingerprint density at radius 3 is 2.37 bits per heavy atom. The second-order valence-corrected chi connectivity index (χ2v) is 5.48. The molecule has 0 saturated carbocycles. The first-order valence-electron chi connectivity index (χ1n) is 7.32. The molecule has 2 rings (SSSR count). The molecule has 0 bridgehead atoms. The van der Waals surface area contributed by atoms with Gasteiger partial charge in [-0.3, -0.25) is 4.90 Å². The Bertz CT molecular complexity index is 377. The smallest absolute Gasteiger partial charge is 0.0590 e. The van der Waals surface area contributed by atoms with Crippen LogP contribution in [0.4, 0.5) is 0 Å². The number of aliphatic hydroxyl groups excluding tert-OH is 2. The van der Waals surface area contributed by atoms with Crippen molar-refractivity contribution in [2.24, 2.45) is 5.92 Å². The Morgan fingerprint density at radius 1 is 1.11 bits per heavy atom. The minimum atomic E-state index is 0.101. The quantitative estimate of drug-likeness (QED) is 0.851. The third-order valence-corrected chi connectivity index (χ3v) is 4.27. The molecule has 0 aliphatic carbocycles. The van der Waals surface area contributed by atoms with Crippen LogP contribution in [-0.2, 0) is 13.0 Å². The van der Waals surface area contributed by atoms with E-state index in [1.165, 1.54) is 11.1 Å². The van der Waals surface area contributed by atoms with Gasteiger partial charge in [-0.2, -0.15) is 0 Å². The van der Waals surface area contributed by atoms with Gasteiger partial charge in [-0.15, -0.1) is 0 Å². The number of benzene rings is 1. The van der Waals surface area contributed by atoms with Crippen LogP contribution in [0.1, 0.15) is 30.9 Å². The number of piperidine rings is 1. The SMILES string of the molecule is CCc1ccc(CN2CCC[C@@H](CO)[C@H]2CO)cc1. The second-order valence-electron chi connectivity index (χ2n) is 5.48. The molecule has 0 radical (unpaired) electrons. The summed E-state index contributed by atoms with van der Waals surface area (Å²) in [5.74, 6) is 0.216. The molecule has 0 unspecified atom stereocenters. The topological polar surface area (TPSA) is 43.7 Å². The summed E-state index contributed by atoms with van der Waals surface area (Å²) < 4.78 is 0. The number of likely N-dealkylation sites (tertiary alicyclic amines) is 1. The molecule has 0 aromatic heterocycles. The number of aryl methyl sites for hydroxylation is 1. The molecule has 1 aromatic carbocycles. The van der Waals surface area contributed by atoms with Crippen molar-refractivity contribution >= 4 is 0 Å². The lowest BCUT2D eigenvalue weighted by atomic mass is 9.90. The van der Waals surface area contributed by atoms with E-state index in [4.69, 9.17) is 0 Å². The van der Waals surface area contributed by atoms with Crippen molar-refractivity contribution in [1.29, 1.82) is 0 Å². The molecule has 1 aliphatic heterocycles. The highest BCUT2D eigenvalue weighted by atomic mass is 16.3. The van der Waals surface area contributed by atoms with Crippen LogP contribution in [0.2, 0.25) is 0 Å². The van der Waals surface area contributed by atoms with E-state index in [1.807, 2.05) is 0 Å². The van der Waals surface area contributed by atoms with Crippen molar-refractivity contribution < 1.29 is 10.2 Å². The van der Waals surface area contributed by atoms with Crippen LogP contribution in [0.5, 0.6) is 0 Å². The van der Waals surface area contributed by atoms with Gasteiger partial charge in [0.15, 0.2) is 0 Å². The molecule has 0 spiro atoms. The lowest BCUT2D eigenvalue weighted by Gasteiger charge is -2.39. The van der Waals surface area contributed by atoms with Crippen LogP contribution in [0, 0.1) is 5.92 Å². The van der Waals surface area contributed by atoms with Gasteiger partial charge in [0.2, 0.25) is 0 Å². The summed E-state index contributed by atoms with van der Waals surface area (Å²) in [6, 6.07) is 8.81. The van der Waals surface area contributed by atoms with Crippen LogP contribution < -0.4 is 0 Å². The monoisotopic (exact) mass is 263 g/mol. The first-order valence-corrected chi connectivity index (χ1v) is 7.32. The molecule has 3 heteroatoms. The molecule has 2 N–H and O–H groups in total. The second kappa shape index (κ2) is 7.04. The summed E-state index contributed by atoms with van der Waals surface area (Å²) in [7, 11) is 0. The zero-order chi connectivity index (χ0) is 13.7. The van der Waals surface area contributed by atoms with Gasteiger partial charge < -0.3 is 10.2 Å². The average molecular weight is 263 g/mol. The van der Waals surface area contributed by atoms with Gasteiger partial charge in [0, 0.05) is 19.2 Å². The van der Waals surface area contributed by atoms with Crippen LogP contribution in [0.15, 0.2) is 24.3 Å². The van der Waals surface area contributed by atoms with E-state index in [0.29, 0.717) is 0 Å². The highest BCUT2D eigenvalue weighted by molar-refractivity contribution is 5.22. The lowest BCUT2D eigenvalue weighted by Crippen LogP contribution is -2.48. The van der Waals surface area contributed by atoms with Crippen LogP contribution in [-0.4, -0.2) is 40.9 Å². The summed E-state index contributed by atoms with van der Waals surface area (Å²) >= 11 is 0. The minimum Gasteiger partial charge on any atom is -0.396 e.